The van der Waals surface area contributed by atoms with Gasteiger partial charge in [0.05, 0.1) is 0 Å². The van der Waals surface area contributed by atoms with Gasteiger partial charge in [-0.2, -0.15) is 4.98 Å². The number of carbonyl (C=O) groups excluding carboxylic acids is 1. The molecule has 4 aromatic rings. The van der Waals surface area contributed by atoms with E-state index in [0.29, 0.717) is 11.0 Å². The van der Waals surface area contributed by atoms with Crippen LogP contribution in [0.15, 0.2) is 78.9 Å². The summed E-state index contributed by atoms with van der Waals surface area (Å²) in [6, 6.07) is 18.1. The van der Waals surface area contributed by atoms with Crippen molar-refractivity contribution < 1.29 is 13.6 Å². The van der Waals surface area contributed by atoms with E-state index < -0.39 is 17.8 Å². The van der Waals surface area contributed by atoms with E-state index in [1.54, 1.807) is 28.9 Å². The third kappa shape index (κ3) is 4.33. The first-order valence-corrected chi connectivity index (χ1v) is 10.4. The smallest absolute Gasteiger partial charge is 0.258 e. The van der Waals surface area contributed by atoms with Gasteiger partial charge in [-0.15, -0.1) is 5.10 Å². The highest BCUT2D eigenvalue weighted by Crippen LogP contribution is 2.33. The molecule has 164 valence electrons. The molecule has 0 saturated heterocycles. The molecule has 1 aliphatic rings. The van der Waals surface area contributed by atoms with Crippen LogP contribution in [0.3, 0.4) is 0 Å². The van der Waals surface area contributed by atoms with Gasteiger partial charge in [-0.25, -0.2) is 13.5 Å². The summed E-state index contributed by atoms with van der Waals surface area (Å²) in [6.07, 6.45) is 1.93. The van der Waals surface area contributed by atoms with Crippen LogP contribution in [-0.2, 0) is 0 Å². The molecule has 5 rings (SSSR count). The fourth-order valence-electron chi connectivity index (χ4n) is 3.52. The molecular weight excluding hydrogens is 448 g/mol. The van der Waals surface area contributed by atoms with Gasteiger partial charge in [0.25, 0.3) is 11.9 Å². The number of benzene rings is 3. The van der Waals surface area contributed by atoms with Crippen molar-refractivity contribution >= 4 is 35.1 Å². The van der Waals surface area contributed by atoms with Crippen molar-refractivity contribution in [2.75, 3.05) is 10.6 Å². The molecule has 0 fully saturated rings. The Kier molecular flexibility index (Phi) is 5.35. The second kappa shape index (κ2) is 8.48. The number of halogens is 3. The number of nitrogens with zero attached hydrogens (tertiary/aromatic N) is 3. The third-order valence-corrected chi connectivity index (χ3v) is 5.42. The maximum absolute atomic E-state index is 13.5. The molecule has 1 atom stereocenters. The molecule has 1 amide bonds. The van der Waals surface area contributed by atoms with E-state index in [1.807, 2.05) is 18.2 Å². The topological polar surface area (TPSA) is 71.8 Å². The fraction of sp³-hybridized carbons (Fsp3) is 0.0417. The number of carbonyl (C=O) groups is 1. The first kappa shape index (κ1) is 20.8. The van der Waals surface area contributed by atoms with Crippen LogP contribution < -0.4 is 10.6 Å². The van der Waals surface area contributed by atoms with E-state index in [1.165, 1.54) is 36.4 Å². The van der Waals surface area contributed by atoms with Gasteiger partial charge in [-0.3, -0.25) is 10.1 Å². The zero-order valence-corrected chi connectivity index (χ0v) is 17.7. The summed E-state index contributed by atoms with van der Waals surface area (Å²) in [5.41, 5.74) is 2.69. The number of anilines is 2. The predicted octanol–water partition coefficient (Wildman–Crippen LogP) is 5.52. The SMILES string of the molecule is O=C(Nc1nc2n(n1)[C@H](c1ccc(F)cc1)C=C(c1ccc(Cl)cc1)N2)c1ccc(F)cc1. The van der Waals surface area contributed by atoms with Crippen molar-refractivity contribution in [2.24, 2.45) is 0 Å². The number of rotatable bonds is 4. The van der Waals surface area contributed by atoms with E-state index in [0.717, 1.165) is 16.8 Å². The molecule has 0 spiro atoms. The second-order valence-corrected chi connectivity index (χ2v) is 7.81. The molecule has 0 aliphatic carbocycles. The monoisotopic (exact) mass is 463 g/mol. The second-order valence-electron chi connectivity index (χ2n) is 7.37. The van der Waals surface area contributed by atoms with Crippen LogP contribution in [0.5, 0.6) is 0 Å². The molecule has 0 radical (unpaired) electrons. The number of hydrogen-bond acceptors (Lipinski definition) is 4. The van der Waals surface area contributed by atoms with Crippen LogP contribution in [0.1, 0.15) is 27.5 Å². The minimum absolute atomic E-state index is 0.0738. The van der Waals surface area contributed by atoms with Crippen LogP contribution in [0, 0.1) is 11.6 Å². The molecule has 1 aliphatic heterocycles. The van der Waals surface area contributed by atoms with E-state index in [4.69, 9.17) is 11.6 Å². The van der Waals surface area contributed by atoms with Crippen molar-refractivity contribution in [2.45, 2.75) is 6.04 Å². The van der Waals surface area contributed by atoms with E-state index in [-0.39, 0.29) is 17.3 Å². The number of hydrogen-bond donors (Lipinski definition) is 2. The van der Waals surface area contributed by atoms with Gasteiger partial charge >= 0.3 is 0 Å². The van der Waals surface area contributed by atoms with Crippen LogP contribution >= 0.6 is 11.6 Å². The molecule has 33 heavy (non-hydrogen) atoms. The molecule has 9 heteroatoms. The Morgan fingerprint density at radius 3 is 2.24 bits per heavy atom. The van der Waals surface area contributed by atoms with Crippen LogP contribution in [0.25, 0.3) is 5.70 Å². The lowest BCUT2D eigenvalue weighted by Crippen LogP contribution is -2.20. The summed E-state index contributed by atoms with van der Waals surface area (Å²) in [6.45, 7) is 0. The van der Waals surface area contributed by atoms with E-state index >= 15 is 0 Å². The Bertz CT molecular complexity index is 1350. The summed E-state index contributed by atoms with van der Waals surface area (Å²) in [5.74, 6) is -0.784. The number of fused-ring (bicyclic) bond motifs is 1. The average Bonchev–Trinajstić information content (AvgIpc) is 3.22. The number of nitrogens with one attached hydrogen (secondary N) is 2. The summed E-state index contributed by atoms with van der Waals surface area (Å²) in [4.78, 5) is 16.9. The van der Waals surface area contributed by atoms with Gasteiger partial charge in [-0.05, 0) is 65.7 Å². The van der Waals surface area contributed by atoms with Crippen LogP contribution in [0.4, 0.5) is 20.7 Å². The van der Waals surface area contributed by atoms with Gasteiger partial charge in [0, 0.05) is 16.3 Å². The quantitative estimate of drug-likeness (QED) is 0.418. The normalized spacial score (nSPS) is 14.8. The first-order valence-electron chi connectivity index (χ1n) is 10.00. The predicted molar refractivity (Wildman–Crippen MR) is 122 cm³/mol. The van der Waals surface area contributed by atoms with Gasteiger partial charge < -0.3 is 5.32 Å². The van der Waals surface area contributed by atoms with Crippen molar-refractivity contribution in [3.8, 4) is 0 Å². The Balaban J connectivity index is 1.50. The molecule has 2 heterocycles. The molecule has 2 N–H and O–H groups in total. The molecule has 0 unspecified atom stereocenters. The maximum atomic E-state index is 13.5. The Morgan fingerprint density at radius 2 is 1.58 bits per heavy atom. The lowest BCUT2D eigenvalue weighted by molar-refractivity contribution is 0.102. The summed E-state index contributed by atoms with van der Waals surface area (Å²) >= 11 is 6.02. The van der Waals surface area contributed by atoms with Crippen molar-refractivity contribution in [3.05, 3.63) is 112 Å². The average molecular weight is 464 g/mol. The number of allylic oxidation sites excluding steroid dienone is 1. The Morgan fingerprint density at radius 1 is 0.939 bits per heavy atom. The molecule has 6 nitrogen and oxygen atoms in total. The zero-order chi connectivity index (χ0) is 22.9. The standard InChI is InChI=1S/C24H16ClF2N5O/c25-17-7-1-14(2-8-17)20-13-21(15-3-9-18(26)10-4-15)32-24(28-20)30-23(31-32)29-22(33)16-5-11-19(27)12-6-16/h1-13,21H,(H2,28,29,30,31,33)/t21-/m0/s1. The van der Waals surface area contributed by atoms with Gasteiger partial charge in [0.15, 0.2) is 0 Å². The third-order valence-electron chi connectivity index (χ3n) is 5.16. The summed E-state index contributed by atoms with van der Waals surface area (Å²) in [5, 5.41) is 10.9. The zero-order valence-electron chi connectivity index (χ0n) is 17.0. The first-order chi connectivity index (χ1) is 16.0. The molecule has 0 saturated carbocycles. The summed E-state index contributed by atoms with van der Waals surface area (Å²) < 4.78 is 28.3. The number of amides is 1. The van der Waals surface area contributed by atoms with Crippen molar-refractivity contribution in [1.82, 2.24) is 14.8 Å². The van der Waals surface area contributed by atoms with Crippen molar-refractivity contribution in [1.29, 1.82) is 0 Å². The Labute approximate surface area is 192 Å². The maximum Gasteiger partial charge on any atom is 0.258 e. The Hall–Kier alpha value is -4.04. The van der Waals surface area contributed by atoms with Gasteiger partial charge in [0.1, 0.15) is 17.7 Å². The highest BCUT2D eigenvalue weighted by molar-refractivity contribution is 6.30. The number of aromatic nitrogens is 3. The van der Waals surface area contributed by atoms with E-state index in [9.17, 15) is 13.6 Å². The minimum Gasteiger partial charge on any atom is -0.324 e. The molecule has 3 aromatic carbocycles. The van der Waals surface area contributed by atoms with E-state index in [2.05, 4.69) is 20.7 Å². The molecular formula is C24H16ClF2N5O. The molecule has 0 bridgehead atoms. The summed E-state index contributed by atoms with van der Waals surface area (Å²) in [7, 11) is 0. The lowest BCUT2D eigenvalue weighted by Gasteiger charge is -2.24. The highest BCUT2D eigenvalue weighted by Gasteiger charge is 2.26. The molecule has 1 aromatic heterocycles. The van der Waals surface area contributed by atoms with Gasteiger partial charge in [-0.1, -0.05) is 35.9 Å². The fourth-order valence-corrected chi connectivity index (χ4v) is 3.64. The largest absolute Gasteiger partial charge is 0.324 e. The minimum atomic E-state index is -0.470. The van der Waals surface area contributed by atoms with Crippen molar-refractivity contribution in [3.63, 3.8) is 0 Å². The highest BCUT2D eigenvalue weighted by atomic mass is 35.5. The van der Waals surface area contributed by atoms with Gasteiger partial charge in [0.2, 0.25) is 5.95 Å². The lowest BCUT2D eigenvalue weighted by atomic mass is 10.0. The van der Waals surface area contributed by atoms with Crippen LogP contribution in [0.2, 0.25) is 5.02 Å². The van der Waals surface area contributed by atoms with Crippen LogP contribution in [-0.4, -0.2) is 20.7 Å².